The number of hydrogen-bond acceptors (Lipinski definition) is 5. The fraction of sp³-hybridized carbons (Fsp3) is 0.0357. The predicted molar refractivity (Wildman–Crippen MR) is 143 cm³/mol. The van der Waals surface area contributed by atoms with Crippen LogP contribution in [0.1, 0.15) is 11.1 Å². The number of ether oxygens (including phenoxy) is 1. The Labute approximate surface area is 216 Å². The lowest BCUT2D eigenvalue weighted by atomic mass is 10.1. The third kappa shape index (κ3) is 5.43. The second-order valence-electron chi connectivity index (χ2n) is 7.85. The number of nitrogens with one attached hydrogen (secondary N) is 1. The Morgan fingerprint density at radius 3 is 2.56 bits per heavy atom. The van der Waals surface area contributed by atoms with Gasteiger partial charge in [0.15, 0.2) is 5.82 Å². The number of hydrogen-bond donors (Lipinski definition) is 2. The van der Waals surface area contributed by atoms with Crippen LogP contribution < -0.4 is 4.74 Å². The van der Waals surface area contributed by atoms with E-state index in [1.54, 1.807) is 18.2 Å². The molecule has 2 N–H and O–H groups in total. The molecule has 1 aromatic heterocycles. The van der Waals surface area contributed by atoms with Gasteiger partial charge in [0.2, 0.25) is 5.16 Å². The van der Waals surface area contributed by atoms with Crippen LogP contribution in [0, 0.1) is 0 Å². The number of thioether (sulfide) groups is 1. The van der Waals surface area contributed by atoms with Crippen LogP contribution in [0.2, 0.25) is 5.02 Å². The van der Waals surface area contributed by atoms with Crippen molar-refractivity contribution in [2.45, 2.75) is 11.8 Å². The lowest BCUT2D eigenvalue weighted by molar-refractivity contribution is -0.131. The fourth-order valence-corrected chi connectivity index (χ4v) is 4.53. The summed E-state index contributed by atoms with van der Waals surface area (Å²) >= 11 is 6.91. The minimum absolute atomic E-state index is 0.0675. The number of carboxylic acid groups (broad SMARTS) is 1. The van der Waals surface area contributed by atoms with E-state index in [4.69, 9.17) is 16.3 Å². The highest BCUT2D eigenvalue weighted by Crippen LogP contribution is 2.31. The van der Waals surface area contributed by atoms with Gasteiger partial charge in [-0.3, -0.25) is 5.10 Å². The van der Waals surface area contributed by atoms with Gasteiger partial charge in [-0.2, -0.15) is 0 Å². The first-order valence-electron chi connectivity index (χ1n) is 11.1. The van der Waals surface area contributed by atoms with Crippen LogP contribution in [0.5, 0.6) is 5.75 Å². The SMILES string of the molecule is O=C(O)/C(=C/c1ccccc1OCc1cccc2ccccc12)Sc1n[nH]c(-c2ccc(Cl)cc2)n1. The van der Waals surface area contributed by atoms with Crippen molar-refractivity contribution in [2.75, 3.05) is 0 Å². The third-order valence-electron chi connectivity index (χ3n) is 5.46. The zero-order chi connectivity index (χ0) is 24.9. The van der Waals surface area contributed by atoms with E-state index in [0.29, 0.717) is 33.9 Å². The van der Waals surface area contributed by atoms with Crippen molar-refractivity contribution in [1.29, 1.82) is 0 Å². The maximum atomic E-state index is 12.0. The third-order valence-corrected chi connectivity index (χ3v) is 6.59. The average Bonchev–Trinajstić information content (AvgIpc) is 3.36. The summed E-state index contributed by atoms with van der Waals surface area (Å²) in [5, 5.41) is 20.0. The molecule has 5 rings (SSSR count). The Morgan fingerprint density at radius 2 is 1.72 bits per heavy atom. The van der Waals surface area contributed by atoms with Crippen LogP contribution in [0.25, 0.3) is 28.2 Å². The number of fused-ring (bicyclic) bond motifs is 1. The second kappa shape index (κ2) is 10.7. The van der Waals surface area contributed by atoms with Crippen LogP contribution >= 0.6 is 23.4 Å². The summed E-state index contributed by atoms with van der Waals surface area (Å²) in [6.45, 7) is 0.354. The minimum Gasteiger partial charge on any atom is -0.488 e. The topological polar surface area (TPSA) is 88.1 Å². The van der Waals surface area contributed by atoms with E-state index in [-0.39, 0.29) is 4.91 Å². The average molecular weight is 514 g/mol. The summed E-state index contributed by atoms with van der Waals surface area (Å²) in [6.07, 6.45) is 1.57. The van der Waals surface area contributed by atoms with E-state index in [0.717, 1.165) is 33.7 Å². The normalized spacial score (nSPS) is 11.5. The molecule has 0 aliphatic carbocycles. The van der Waals surface area contributed by atoms with Crippen LogP contribution in [0.15, 0.2) is 101 Å². The number of carboxylic acids is 1. The molecule has 0 fully saturated rings. The Bertz CT molecular complexity index is 1560. The smallest absolute Gasteiger partial charge is 0.342 e. The molecular formula is C28H20ClN3O3S. The van der Waals surface area contributed by atoms with E-state index < -0.39 is 5.97 Å². The molecule has 0 spiro atoms. The van der Waals surface area contributed by atoms with Gasteiger partial charge in [0.25, 0.3) is 0 Å². The Morgan fingerprint density at radius 1 is 0.972 bits per heavy atom. The van der Waals surface area contributed by atoms with Gasteiger partial charge in [0.05, 0.1) is 0 Å². The number of rotatable bonds is 8. The molecule has 5 aromatic rings. The first-order valence-corrected chi connectivity index (χ1v) is 12.3. The highest BCUT2D eigenvalue weighted by atomic mass is 35.5. The standard InChI is InChI=1S/C28H20ClN3O3S/c29-22-14-12-19(13-15-22)26-30-28(32-31-26)36-25(27(33)34)16-20-7-2-4-11-24(20)35-17-21-9-5-8-18-6-1-3-10-23(18)21/h1-16H,17H2,(H,33,34)(H,30,31,32)/b25-16-. The molecule has 0 aliphatic rings. The number of nitrogens with zero attached hydrogens (tertiary/aromatic N) is 2. The van der Waals surface area contributed by atoms with Gasteiger partial charge in [-0.05, 0) is 64.5 Å². The number of benzene rings is 4. The number of aliphatic carboxylic acids is 1. The minimum atomic E-state index is -1.08. The van der Waals surface area contributed by atoms with E-state index in [9.17, 15) is 9.90 Å². The maximum absolute atomic E-state index is 12.0. The zero-order valence-corrected chi connectivity index (χ0v) is 20.5. The van der Waals surface area contributed by atoms with Crippen molar-refractivity contribution in [3.63, 3.8) is 0 Å². The summed E-state index contributed by atoms with van der Waals surface area (Å²) in [5.41, 5.74) is 2.50. The quantitative estimate of drug-likeness (QED) is 0.170. The molecule has 0 saturated heterocycles. The van der Waals surface area contributed by atoms with Gasteiger partial charge in [0.1, 0.15) is 17.3 Å². The summed E-state index contributed by atoms with van der Waals surface area (Å²) in [5.74, 6) is 0.0288. The highest BCUT2D eigenvalue weighted by molar-refractivity contribution is 8.04. The Kier molecular flexibility index (Phi) is 7.02. The molecule has 0 saturated carbocycles. The van der Waals surface area contributed by atoms with Crippen molar-refractivity contribution in [1.82, 2.24) is 15.2 Å². The van der Waals surface area contributed by atoms with Gasteiger partial charge < -0.3 is 9.84 Å². The summed E-state index contributed by atoms with van der Waals surface area (Å²) < 4.78 is 6.14. The fourth-order valence-electron chi connectivity index (χ4n) is 3.71. The van der Waals surface area contributed by atoms with Gasteiger partial charge in [-0.15, -0.1) is 5.10 Å². The summed E-state index contributed by atoms with van der Waals surface area (Å²) in [6, 6.07) is 28.7. The number of halogens is 1. The Hall–Kier alpha value is -4.07. The monoisotopic (exact) mass is 513 g/mol. The molecule has 0 unspecified atom stereocenters. The largest absolute Gasteiger partial charge is 0.488 e. The number of aromatic nitrogens is 3. The van der Waals surface area contributed by atoms with Crippen molar-refractivity contribution in [2.24, 2.45) is 0 Å². The summed E-state index contributed by atoms with van der Waals surface area (Å²) in [7, 11) is 0. The predicted octanol–water partition coefficient (Wildman–Crippen LogP) is 7.08. The van der Waals surface area contributed by atoms with Gasteiger partial charge in [-0.1, -0.05) is 72.3 Å². The van der Waals surface area contributed by atoms with Crippen molar-refractivity contribution in [3.05, 3.63) is 112 Å². The van der Waals surface area contributed by atoms with Crippen LogP contribution in [-0.2, 0) is 11.4 Å². The van der Waals surface area contributed by atoms with Crippen LogP contribution in [0.3, 0.4) is 0 Å². The zero-order valence-electron chi connectivity index (χ0n) is 18.9. The van der Waals surface area contributed by atoms with Gasteiger partial charge in [-0.25, -0.2) is 9.78 Å². The molecule has 178 valence electrons. The molecule has 8 heteroatoms. The van der Waals surface area contributed by atoms with E-state index in [1.807, 2.05) is 60.7 Å². The molecule has 0 radical (unpaired) electrons. The molecule has 0 aliphatic heterocycles. The number of H-pyrrole nitrogens is 1. The van der Waals surface area contributed by atoms with Crippen molar-refractivity contribution < 1.29 is 14.6 Å². The van der Waals surface area contributed by atoms with Gasteiger partial charge in [0, 0.05) is 16.1 Å². The van der Waals surface area contributed by atoms with Gasteiger partial charge >= 0.3 is 5.97 Å². The lowest BCUT2D eigenvalue weighted by Crippen LogP contribution is -2.00. The molecular weight excluding hydrogens is 494 g/mol. The Balaban J connectivity index is 1.37. The van der Waals surface area contributed by atoms with Crippen molar-refractivity contribution in [3.8, 4) is 17.1 Å². The number of para-hydroxylation sites is 1. The number of aromatic amines is 1. The van der Waals surface area contributed by atoms with Crippen LogP contribution in [0.4, 0.5) is 0 Å². The van der Waals surface area contributed by atoms with Crippen molar-refractivity contribution >= 4 is 46.2 Å². The molecule has 0 bridgehead atoms. The molecule has 36 heavy (non-hydrogen) atoms. The molecule has 0 amide bonds. The maximum Gasteiger partial charge on any atom is 0.342 e. The second-order valence-corrected chi connectivity index (χ2v) is 9.30. The molecule has 4 aromatic carbocycles. The lowest BCUT2D eigenvalue weighted by Gasteiger charge is -2.12. The van der Waals surface area contributed by atoms with E-state index in [2.05, 4.69) is 33.4 Å². The highest BCUT2D eigenvalue weighted by Gasteiger charge is 2.16. The molecule has 6 nitrogen and oxygen atoms in total. The molecule has 1 heterocycles. The number of carbonyl (C=O) groups is 1. The molecule has 0 atom stereocenters. The van der Waals surface area contributed by atoms with Crippen LogP contribution in [-0.4, -0.2) is 26.3 Å². The first kappa shape index (κ1) is 23.7. The first-order chi connectivity index (χ1) is 17.6. The summed E-state index contributed by atoms with van der Waals surface area (Å²) in [4.78, 5) is 16.5. The van der Waals surface area contributed by atoms with E-state index in [1.165, 1.54) is 0 Å². The van der Waals surface area contributed by atoms with E-state index >= 15 is 0 Å².